The van der Waals surface area contributed by atoms with Crippen LogP contribution in [0.5, 0.6) is 0 Å². The van der Waals surface area contributed by atoms with Crippen LogP contribution in [0.4, 0.5) is 5.69 Å². The Morgan fingerprint density at radius 2 is 1.20 bits per heavy atom. The molecule has 0 unspecified atom stereocenters. The number of anilines is 1. The molecule has 2 aromatic rings. The van der Waals surface area contributed by atoms with Crippen molar-refractivity contribution in [2.45, 2.75) is 44.6 Å². The van der Waals surface area contributed by atoms with Gasteiger partial charge < -0.3 is 9.64 Å². The van der Waals surface area contributed by atoms with Crippen LogP contribution in [-0.4, -0.2) is 62.0 Å². The number of methoxy groups -OCH3 is 1. The van der Waals surface area contributed by atoms with Crippen molar-refractivity contribution < 1.29 is 19.1 Å². The summed E-state index contributed by atoms with van der Waals surface area (Å²) < 4.78 is 4.64. The Morgan fingerprint density at radius 1 is 0.714 bits per heavy atom. The lowest BCUT2D eigenvalue weighted by atomic mass is 10.1. The number of rotatable bonds is 5. The Hall–Kier alpha value is -3.39. The standard InChI is InChI=1S/C27H34N4O4/c1-35-27(34)22-10-8-20(9-11-22)25(32)28-29-26(33)21-12-14-24(15-13-21)31-18-16-30(17-19-31)23-6-4-2-3-5-7-23/h8-15,23H,2-7,16-19H2,1H3,(H,28,32)(H,29,33). The molecule has 0 aromatic heterocycles. The van der Waals surface area contributed by atoms with Crippen LogP contribution in [0.2, 0.25) is 0 Å². The number of amides is 2. The van der Waals surface area contributed by atoms with Crippen LogP contribution in [-0.2, 0) is 4.74 Å². The topological polar surface area (TPSA) is 91.0 Å². The maximum Gasteiger partial charge on any atom is 0.337 e. The molecule has 2 N–H and O–H groups in total. The van der Waals surface area contributed by atoms with E-state index < -0.39 is 17.8 Å². The minimum atomic E-state index is -0.477. The molecule has 1 saturated heterocycles. The van der Waals surface area contributed by atoms with Crippen LogP contribution in [0.15, 0.2) is 48.5 Å². The molecule has 35 heavy (non-hydrogen) atoms. The van der Waals surface area contributed by atoms with Crippen LogP contribution in [0.3, 0.4) is 0 Å². The van der Waals surface area contributed by atoms with Gasteiger partial charge in [0.2, 0.25) is 0 Å². The molecule has 2 amide bonds. The fraction of sp³-hybridized carbons (Fsp3) is 0.444. The predicted molar refractivity (Wildman–Crippen MR) is 134 cm³/mol. The monoisotopic (exact) mass is 478 g/mol. The lowest BCUT2D eigenvalue weighted by Gasteiger charge is -2.40. The van der Waals surface area contributed by atoms with Crippen molar-refractivity contribution in [3.05, 3.63) is 65.2 Å². The lowest BCUT2D eigenvalue weighted by Crippen LogP contribution is -2.50. The minimum Gasteiger partial charge on any atom is -0.465 e. The van der Waals surface area contributed by atoms with Crippen molar-refractivity contribution in [1.82, 2.24) is 15.8 Å². The second kappa shape index (κ2) is 11.8. The Labute approximate surface area is 206 Å². The number of carbonyl (C=O) groups is 3. The summed E-state index contributed by atoms with van der Waals surface area (Å²) in [5, 5.41) is 0. The highest BCUT2D eigenvalue weighted by Crippen LogP contribution is 2.24. The van der Waals surface area contributed by atoms with Gasteiger partial charge in [0.1, 0.15) is 0 Å². The number of carbonyl (C=O) groups excluding carboxylic acids is 3. The minimum absolute atomic E-state index is 0.316. The van der Waals surface area contributed by atoms with E-state index in [0.717, 1.165) is 37.9 Å². The number of piperazine rings is 1. The van der Waals surface area contributed by atoms with Gasteiger partial charge in [0, 0.05) is 49.0 Å². The molecule has 0 spiro atoms. The van der Waals surface area contributed by atoms with Gasteiger partial charge in [0.15, 0.2) is 0 Å². The van der Waals surface area contributed by atoms with Gasteiger partial charge in [-0.05, 0) is 61.4 Å². The van der Waals surface area contributed by atoms with E-state index in [9.17, 15) is 14.4 Å². The lowest BCUT2D eigenvalue weighted by molar-refractivity contribution is 0.0600. The molecule has 0 bridgehead atoms. The zero-order valence-corrected chi connectivity index (χ0v) is 20.3. The normalized spacial score (nSPS) is 17.3. The molecular formula is C27H34N4O4. The quantitative estimate of drug-likeness (QED) is 0.389. The van der Waals surface area contributed by atoms with E-state index in [4.69, 9.17) is 0 Å². The predicted octanol–water partition coefficient (Wildman–Crippen LogP) is 3.39. The Morgan fingerprint density at radius 3 is 1.71 bits per heavy atom. The van der Waals surface area contributed by atoms with Gasteiger partial charge in [-0.25, -0.2) is 4.79 Å². The molecule has 4 rings (SSSR count). The molecule has 2 fully saturated rings. The van der Waals surface area contributed by atoms with E-state index in [-0.39, 0.29) is 0 Å². The first-order valence-electron chi connectivity index (χ1n) is 12.4. The molecule has 2 aliphatic rings. The largest absolute Gasteiger partial charge is 0.465 e. The van der Waals surface area contributed by atoms with Crippen LogP contribution in [0, 0.1) is 0 Å². The van der Waals surface area contributed by atoms with Crippen molar-refractivity contribution in [2.24, 2.45) is 0 Å². The van der Waals surface area contributed by atoms with E-state index in [2.05, 4.69) is 25.4 Å². The van der Waals surface area contributed by atoms with Crippen molar-refractivity contribution in [2.75, 3.05) is 38.2 Å². The molecule has 8 heteroatoms. The molecule has 1 heterocycles. The summed E-state index contributed by atoms with van der Waals surface area (Å²) in [6, 6.07) is 14.2. The van der Waals surface area contributed by atoms with E-state index in [1.807, 2.05) is 12.1 Å². The van der Waals surface area contributed by atoms with E-state index in [1.54, 1.807) is 12.1 Å². The highest BCUT2D eigenvalue weighted by atomic mass is 16.5. The fourth-order valence-corrected chi connectivity index (χ4v) is 4.93. The van der Waals surface area contributed by atoms with Crippen molar-refractivity contribution in [3.8, 4) is 0 Å². The first kappa shape index (κ1) is 24.7. The van der Waals surface area contributed by atoms with E-state index >= 15 is 0 Å². The SMILES string of the molecule is COC(=O)c1ccc(C(=O)NNC(=O)c2ccc(N3CCN(C4CCCCCC4)CC3)cc2)cc1. The van der Waals surface area contributed by atoms with Crippen LogP contribution < -0.4 is 15.8 Å². The summed E-state index contributed by atoms with van der Waals surface area (Å²) in [6.07, 6.45) is 8.14. The Kier molecular flexibility index (Phi) is 8.36. The summed E-state index contributed by atoms with van der Waals surface area (Å²) in [4.78, 5) is 41.3. The average Bonchev–Trinajstić information content (AvgIpc) is 3.21. The Bertz CT molecular complexity index is 1010. The highest BCUT2D eigenvalue weighted by molar-refractivity contribution is 5.99. The van der Waals surface area contributed by atoms with E-state index in [0.29, 0.717) is 16.7 Å². The summed E-state index contributed by atoms with van der Waals surface area (Å²) in [6.45, 7) is 4.15. The molecule has 1 aliphatic carbocycles. The molecule has 1 aliphatic heterocycles. The van der Waals surface area contributed by atoms with Crippen molar-refractivity contribution in [3.63, 3.8) is 0 Å². The summed E-state index contributed by atoms with van der Waals surface area (Å²) in [5.74, 6) is -1.34. The third kappa shape index (κ3) is 6.39. The van der Waals surface area contributed by atoms with Crippen LogP contribution in [0.1, 0.15) is 69.6 Å². The summed E-state index contributed by atoms with van der Waals surface area (Å²) >= 11 is 0. The molecule has 2 aromatic carbocycles. The summed E-state index contributed by atoms with van der Waals surface area (Å²) in [5.41, 5.74) is 7.08. The first-order valence-corrected chi connectivity index (χ1v) is 12.4. The maximum atomic E-state index is 12.5. The zero-order chi connectivity index (χ0) is 24.6. The van der Waals surface area contributed by atoms with Crippen molar-refractivity contribution in [1.29, 1.82) is 0 Å². The second-order valence-electron chi connectivity index (χ2n) is 9.19. The molecule has 8 nitrogen and oxygen atoms in total. The number of nitrogens with zero attached hydrogens (tertiary/aromatic N) is 2. The van der Waals surface area contributed by atoms with Gasteiger partial charge in [-0.2, -0.15) is 0 Å². The van der Waals surface area contributed by atoms with E-state index in [1.165, 1.54) is 69.9 Å². The first-order chi connectivity index (χ1) is 17.0. The molecule has 1 saturated carbocycles. The number of hydrazine groups is 1. The third-order valence-corrected chi connectivity index (χ3v) is 7.01. The fourth-order valence-electron chi connectivity index (χ4n) is 4.93. The zero-order valence-electron chi connectivity index (χ0n) is 20.3. The highest BCUT2D eigenvalue weighted by Gasteiger charge is 2.24. The molecule has 0 atom stereocenters. The number of benzene rings is 2. The number of ether oxygens (including phenoxy) is 1. The number of esters is 1. The van der Waals surface area contributed by atoms with Gasteiger partial charge in [0.25, 0.3) is 11.8 Å². The number of nitrogens with one attached hydrogen (secondary N) is 2. The van der Waals surface area contributed by atoms with Gasteiger partial charge >= 0.3 is 5.97 Å². The Balaban J connectivity index is 1.25. The van der Waals surface area contributed by atoms with Gasteiger partial charge in [-0.1, -0.05) is 25.7 Å². The number of hydrogen-bond acceptors (Lipinski definition) is 6. The van der Waals surface area contributed by atoms with Gasteiger partial charge in [-0.15, -0.1) is 0 Å². The molecular weight excluding hydrogens is 444 g/mol. The number of hydrogen-bond donors (Lipinski definition) is 2. The van der Waals surface area contributed by atoms with Gasteiger partial charge in [0.05, 0.1) is 12.7 Å². The van der Waals surface area contributed by atoms with Crippen molar-refractivity contribution >= 4 is 23.5 Å². The van der Waals surface area contributed by atoms with Crippen LogP contribution >= 0.6 is 0 Å². The van der Waals surface area contributed by atoms with Gasteiger partial charge in [-0.3, -0.25) is 25.3 Å². The smallest absolute Gasteiger partial charge is 0.337 e. The summed E-state index contributed by atoms with van der Waals surface area (Å²) in [7, 11) is 1.30. The third-order valence-electron chi connectivity index (χ3n) is 7.01. The molecule has 0 radical (unpaired) electrons. The maximum absolute atomic E-state index is 12.5. The van der Waals surface area contributed by atoms with Crippen LogP contribution in [0.25, 0.3) is 0 Å². The molecule has 186 valence electrons. The second-order valence-corrected chi connectivity index (χ2v) is 9.19. The average molecular weight is 479 g/mol.